The first kappa shape index (κ1) is 15.2. The molecule has 0 atom stereocenters. The minimum absolute atomic E-state index is 0.306. The fourth-order valence-corrected chi connectivity index (χ4v) is 5.28. The van der Waals surface area contributed by atoms with Crippen LogP contribution < -0.4 is 0 Å². The minimum atomic E-state index is -2.45. The van der Waals surface area contributed by atoms with Crippen molar-refractivity contribution in [1.29, 1.82) is 0 Å². The SMILES string of the molecule is CC(C)CP(=O)(CC(C)C)OC(C)(C)C. The summed E-state index contributed by atoms with van der Waals surface area (Å²) in [6.07, 6.45) is 1.39. The maximum atomic E-state index is 12.6. The Morgan fingerprint density at radius 2 is 1.33 bits per heavy atom. The average molecular weight is 234 g/mol. The van der Waals surface area contributed by atoms with E-state index in [4.69, 9.17) is 4.52 Å². The van der Waals surface area contributed by atoms with Crippen LogP contribution in [0.25, 0.3) is 0 Å². The van der Waals surface area contributed by atoms with Gasteiger partial charge in [-0.3, -0.25) is 4.57 Å². The summed E-state index contributed by atoms with van der Waals surface area (Å²) in [7, 11) is -2.45. The summed E-state index contributed by atoms with van der Waals surface area (Å²) in [5.41, 5.74) is -0.306. The first-order valence-electron chi connectivity index (χ1n) is 5.83. The zero-order valence-electron chi connectivity index (χ0n) is 11.3. The summed E-state index contributed by atoms with van der Waals surface area (Å²) in [4.78, 5) is 0. The van der Waals surface area contributed by atoms with Crippen molar-refractivity contribution in [2.24, 2.45) is 11.8 Å². The fraction of sp³-hybridized carbons (Fsp3) is 1.00. The highest BCUT2D eigenvalue weighted by Gasteiger charge is 2.30. The van der Waals surface area contributed by atoms with Crippen molar-refractivity contribution in [2.45, 2.75) is 54.1 Å². The zero-order valence-corrected chi connectivity index (χ0v) is 12.2. The lowest BCUT2D eigenvalue weighted by atomic mass is 10.2. The molecule has 0 aliphatic carbocycles. The van der Waals surface area contributed by atoms with Crippen LogP contribution in [-0.4, -0.2) is 17.9 Å². The molecule has 0 saturated carbocycles. The van der Waals surface area contributed by atoms with E-state index in [2.05, 4.69) is 27.7 Å². The molecule has 0 N–H and O–H groups in total. The highest BCUT2D eigenvalue weighted by atomic mass is 31.2. The average Bonchev–Trinajstić information content (AvgIpc) is 1.73. The number of hydrogen-bond acceptors (Lipinski definition) is 2. The molecule has 0 rings (SSSR count). The van der Waals surface area contributed by atoms with E-state index in [1.807, 2.05) is 20.8 Å². The molecule has 92 valence electrons. The zero-order chi connectivity index (χ0) is 12.3. The van der Waals surface area contributed by atoms with Crippen LogP contribution in [-0.2, 0) is 9.09 Å². The van der Waals surface area contributed by atoms with Crippen LogP contribution in [0.5, 0.6) is 0 Å². The van der Waals surface area contributed by atoms with E-state index in [9.17, 15) is 4.57 Å². The Morgan fingerprint density at radius 1 is 1.00 bits per heavy atom. The molecular weight excluding hydrogens is 207 g/mol. The molecule has 0 unspecified atom stereocenters. The summed E-state index contributed by atoms with van der Waals surface area (Å²) in [5, 5.41) is 0. The molecule has 0 aromatic heterocycles. The lowest BCUT2D eigenvalue weighted by Crippen LogP contribution is -2.21. The van der Waals surface area contributed by atoms with Gasteiger partial charge < -0.3 is 4.52 Å². The van der Waals surface area contributed by atoms with Gasteiger partial charge in [0.25, 0.3) is 0 Å². The molecular formula is C12H27O2P. The molecule has 0 aromatic carbocycles. The highest BCUT2D eigenvalue weighted by molar-refractivity contribution is 7.59. The fourth-order valence-electron chi connectivity index (χ4n) is 1.76. The number of rotatable bonds is 5. The van der Waals surface area contributed by atoms with Gasteiger partial charge in [0.15, 0.2) is 0 Å². The molecule has 0 aromatic rings. The normalized spacial score (nSPS) is 13.9. The van der Waals surface area contributed by atoms with Crippen molar-refractivity contribution in [3.05, 3.63) is 0 Å². The predicted octanol–water partition coefficient (Wildman–Crippen LogP) is 4.39. The van der Waals surface area contributed by atoms with Crippen LogP contribution in [0.1, 0.15) is 48.5 Å². The van der Waals surface area contributed by atoms with Crippen LogP contribution in [0.15, 0.2) is 0 Å². The topological polar surface area (TPSA) is 26.3 Å². The van der Waals surface area contributed by atoms with Gasteiger partial charge in [0.2, 0.25) is 7.37 Å². The van der Waals surface area contributed by atoms with Crippen LogP contribution in [0, 0.1) is 11.8 Å². The quantitative estimate of drug-likeness (QED) is 0.659. The molecule has 0 heterocycles. The summed E-state index contributed by atoms with van der Waals surface area (Å²) >= 11 is 0. The summed E-state index contributed by atoms with van der Waals surface area (Å²) in [6, 6.07) is 0. The van der Waals surface area contributed by atoms with Gasteiger partial charge in [0.1, 0.15) is 0 Å². The maximum absolute atomic E-state index is 12.6. The second kappa shape index (κ2) is 5.50. The minimum Gasteiger partial charge on any atom is -0.323 e. The smallest absolute Gasteiger partial charge is 0.204 e. The van der Waals surface area contributed by atoms with Crippen molar-refractivity contribution >= 4 is 7.37 Å². The van der Waals surface area contributed by atoms with Gasteiger partial charge in [-0.1, -0.05) is 27.7 Å². The van der Waals surface area contributed by atoms with Crippen molar-refractivity contribution < 1.29 is 9.09 Å². The van der Waals surface area contributed by atoms with Gasteiger partial charge in [-0.15, -0.1) is 0 Å². The largest absolute Gasteiger partial charge is 0.323 e. The van der Waals surface area contributed by atoms with E-state index < -0.39 is 7.37 Å². The third-order valence-corrected chi connectivity index (χ3v) is 5.18. The molecule has 0 amide bonds. The van der Waals surface area contributed by atoms with Gasteiger partial charge in [0, 0.05) is 12.3 Å². The van der Waals surface area contributed by atoms with E-state index in [-0.39, 0.29) is 5.60 Å². The second-order valence-corrected chi connectivity index (χ2v) is 8.71. The van der Waals surface area contributed by atoms with E-state index in [1.165, 1.54) is 0 Å². The third-order valence-electron chi connectivity index (χ3n) is 1.73. The van der Waals surface area contributed by atoms with E-state index in [0.717, 1.165) is 0 Å². The molecule has 3 heteroatoms. The third kappa shape index (κ3) is 8.04. The van der Waals surface area contributed by atoms with Crippen molar-refractivity contribution in [2.75, 3.05) is 12.3 Å². The molecule has 0 bridgehead atoms. The van der Waals surface area contributed by atoms with Crippen LogP contribution in [0.3, 0.4) is 0 Å². The maximum Gasteiger partial charge on any atom is 0.204 e. The predicted molar refractivity (Wildman–Crippen MR) is 67.9 cm³/mol. The highest BCUT2D eigenvalue weighted by Crippen LogP contribution is 2.52. The Labute approximate surface area is 95.2 Å². The van der Waals surface area contributed by atoms with Crippen LogP contribution in [0.4, 0.5) is 0 Å². The molecule has 0 spiro atoms. The van der Waals surface area contributed by atoms with Gasteiger partial charge in [0.05, 0.1) is 5.60 Å². The first-order chi connectivity index (χ1) is 6.54. The lowest BCUT2D eigenvalue weighted by Gasteiger charge is -2.29. The van der Waals surface area contributed by atoms with Gasteiger partial charge >= 0.3 is 0 Å². The van der Waals surface area contributed by atoms with Gasteiger partial charge in [-0.2, -0.15) is 0 Å². The van der Waals surface area contributed by atoms with E-state index in [0.29, 0.717) is 24.2 Å². The Kier molecular flexibility index (Phi) is 5.57. The lowest BCUT2D eigenvalue weighted by molar-refractivity contribution is 0.132. The molecule has 0 saturated heterocycles. The van der Waals surface area contributed by atoms with E-state index in [1.54, 1.807) is 0 Å². The molecule has 0 aliphatic heterocycles. The van der Waals surface area contributed by atoms with Crippen molar-refractivity contribution in [1.82, 2.24) is 0 Å². The Bertz CT molecular complexity index is 212. The molecule has 2 nitrogen and oxygen atoms in total. The molecule has 0 radical (unpaired) electrons. The van der Waals surface area contributed by atoms with Gasteiger partial charge in [-0.25, -0.2) is 0 Å². The summed E-state index contributed by atoms with van der Waals surface area (Å²) in [6.45, 7) is 14.3. The van der Waals surface area contributed by atoms with E-state index >= 15 is 0 Å². The van der Waals surface area contributed by atoms with Crippen molar-refractivity contribution in [3.63, 3.8) is 0 Å². The Hall–Kier alpha value is 0.190. The monoisotopic (exact) mass is 234 g/mol. The summed E-state index contributed by atoms with van der Waals surface area (Å²) in [5.74, 6) is 0.855. The van der Waals surface area contributed by atoms with Gasteiger partial charge in [-0.05, 0) is 32.6 Å². The van der Waals surface area contributed by atoms with Crippen LogP contribution >= 0.6 is 7.37 Å². The molecule has 15 heavy (non-hydrogen) atoms. The number of hydrogen-bond donors (Lipinski definition) is 0. The Morgan fingerprint density at radius 3 is 1.53 bits per heavy atom. The summed E-state index contributed by atoms with van der Waals surface area (Å²) < 4.78 is 18.4. The van der Waals surface area contributed by atoms with Crippen LogP contribution in [0.2, 0.25) is 0 Å². The molecule has 0 fully saturated rings. The van der Waals surface area contributed by atoms with Crippen molar-refractivity contribution in [3.8, 4) is 0 Å². The Balaban J connectivity index is 4.63. The first-order valence-corrected chi connectivity index (χ1v) is 7.82. The molecule has 0 aliphatic rings. The second-order valence-electron chi connectivity index (χ2n) is 6.17. The standard InChI is InChI=1S/C12H27O2P/c1-10(2)8-15(13,9-11(3)4)14-12(5,6)7/h10-11H,8-9H2,1-7H3.